The maximum Gasteiger partial charge on any atom is 0.511 e. The van der Waals surface area contributed by atoms with E-state index in [1.54, 1.807) is 30.3 Å². The van der Waals surface area contributed by atoms with E-state index in [-0.39, 0.29) is 11.4 Å². The van der Waals surface area contributed by atoms with Crippen molar-refractivity contribution in [1.82, 2.24) is 5.01 Å². The Morgan fingerprint density at radius 2 is 2.00 bits per heavy atom. The van der Waals surface area contributed by atoms with Gasteiger partial charge >= 0.3 is 12.1 Å². The summed E-state index contributed by atoms with van der Waals surface area (Å²) in [6.07, 6.45) is -2.09. The zero-order valence-electron chi connectivity index (χ0n) is 13.5. The number of ether oxygens (including phenoxy) is 2. The van der Waals surface area contributed by atoms with E-state index in [9.17, 15) is 19.9 Å². The molecule has 0 aliphatic rings. The van der Waals surface area contributed by atoms with Gasteiger partial charge in [0.1, 0.15) is 0 Å². The van der Waals surface area contributed by atoms with E-state index >= 15 is 0 Å². The van der Waals surface area contributed by atoms with Crippen molar-refractivity contribution in [3.05, 3.63) is 41.1 Å². The molecule has 0 aromatic heterocycles. The number of carboxylic acid groups (broad SMARTS) is 1. The lowest BCUT2D eigenvalue weighted by molar-refractivity contribution is -0.712. The summed E-state index contributed by atoms with van der Waals surface area (Å²) < 4.78 is 8.80. The molecule has 10 nitrogen and oxygen atoms in total. The Morgan fingerprint density at radius 3 is 2.54 bits per heavy atom. The molecule has 0 saturated carbocycles. The zero-order chi connectivity index (χ0) is 18.1. The van der Waals surface area contributed by atoms with Crippen molar-refractivity contribution in [3.8, 4) is 0 Å². The highest BCUT2D eigenvalue weighted by Gasteiger charge is 2.29. The van der Waals surface area contributed by atoms with Crippen LogP contribution in [0.1, 0.15) is 12.5 Å². The number of carbonyl (C=O) groups excluding carboxylic acids is 1. The van der Waals surface area contributed by atoms with Crippen LogP contribution in [0.25, 0.3) is 0 Å². The highest BCUT2D eigenvalue weighted by atomic mass is 16.8. The molecule has 0 bridgehead atoms. The Hall–Kier alpha value is -3.04. The number of carbonyl (C=O) groups is 2. The molecule has 1 N–H and O–H groups in total. The first kappa shape index (κ1) is 19.0. The Bertz CT molecular complexity index is 579. The van der Waals surface area contributed by atoms with Crippen molar-refractivity contribution < 1.29 is 34.0 Å². The number of methoxy groups -OCH3 is 1. The summed E-state index contributed by atoms with van der Waals surface area (Å²) in [6.45, 7) is 1.31. The molecule has 0 aliphatic heterocycles. The topological polar surface area (TPSA) is 124 Å². The standard InChI is InChI=1S/C14H19N3O7/c1-10(23-14(20)22-3)24-15-17(21)16(2)12(13(18)19)9-11-7-5-4-6-8-11/h4-8,10,12H,9H2,1-3H3,(H,18,19)/b17-15-/t10?,12-/m0/s1. The number of aliphatic carboxylic acids is 1. The monoisotopic (exact) mass is 341 g/mol. The number of carboxylic acids is 1. The maximum absolute atomic E-state index is 11.9. The quantitative estimate of drug-likeness (QED) is 0.248. The van der Waals surface area contributed by atoms with E-state index in [0.717, 1.165) is 17.7 Å². The van der Waals surface area contributed by atoms with Crippen molar-refractivity contribution in [2.45, 2.75) is 25.7 Å². The summed E-state index contributed by atoms with van der Waals surface area (Å²) in [7, 11) is 2.37. The van der Waals surface area contributed by atoms with Crippen molar-refractivity contribution in [2.75, 3.05) is 14.2 Å². The van der Waals surface area contributed by atoms with E-state index in [0.29, 0.717) is 0 Å². The number of hydrazine groups is 1. The number of hydrogen-bond acceptors (Lipinski definition) is 7. The van der Waals surface area contributed by atoms with Crippen LogP contribution in [0.5, 0.6) is 0 Å². The highest BCUT2D eigenvalue weighted by molar-refractivity contribution is 5.73. The molecule has 0 heterocycles. The molecule has 10 heteroatoms. The van der Waals surface area contributed by atoms with Crippen LogP contribution in [0.2, 0.25) is 0 Å². The zero-order valence-corrected chi connectivity index (χ0v) is 13.5. The number of benzene rings is 1. The number of hydrogen-bond donors (Lipinski definition) is 1. The lowest BCUT2D eigenvalue weighted by Crippen LogP contribution is -2.44. The smallest absolute Gasteiger partial charge is 0.511 e. The van der Waals surface area contributed by atoms with Crippen molar-refractivity contribution >= 4 is 12.1 Å². The van der Waals surface area contributed by atoms with Crippen LogP contribution in [0.3, 0.4) is 0 Å². The summed E-state index contributed by atoms with van der Waals surface area (Å²) in [5, 5.41) is 25.2. The molecule has 0 fully saturated rings. The lowest BCUT2D eigenvalue weighted by atomic mass is 10.1. The molecular formula is C14H19N3O7. The normalized spacial score (nSPS) is 13.5. The maximum atomic E-state index is 11.9. The summed E-state index contributed by atoms with van der Waals surface area (Å²) in [6, 6.07) is 7.67. The molecule has 24 heavy (non-hydrogen) atoms. The molecule has 0 aliphatic carbocycles. The third-order valence-corrected chi connectivity index (χ3v) is 2.97. The van der Waals surface area contributed by atoms with Crippen molar-refractivity contribution in [3.63, 3.8) is 0 Å². The molecule has 0 radical (unpaired) electrons. The van der Waals surface area contributed by atoms with Crippen molar-refractivity contribution in [1.29, 1.82) is 0 Å². The fourth-order valence-electron chi connectivity index (χ4n) is 1.71. The van der Waals surface area contributed by atoms with E-state index in [2.05, 4.69) is 19.6 Å². The average molecular weight is 341 g/mol. The first-order valence-corrected chi connectivity index (χ1v) is 6.93. The van der Waals surface area contributed by atoms with Gasteiger partial charge in [-0.1, -0.05) is 30.3 Å². The van der Waals surface area contributed by atoms with Gasteiger partial charge < -0.3 is 19.8 Å². The minimum atomic E-state index is -1.20. The fraction of sp³-hybridized carbons (Fsp3) is 0.429. The highest BCUT2D eigenvalue weighted by Crippen LogP contribution is 2.09. The van der Waals surface area contributed by atoms with Gasteiger partial charge in [-0.15, -0.1) is 5.01 Å². The Morgan fingerprint density at radius 1 is 1.38 bits per heavy atom. The molecule has 1 aromatic rings. The van der Waals surface area contributed by atoms with Crippen LogP contribution in [-0.4, -0.2) is 53.7 Å². The molecule has 1 rings (SSSR count). The van der Waals surface area contributed by atoms with Gasteiger partial charge in [-0.05, 0) is 5.56 Å². The minimum absolute atomic E-state index is 0.0289. The summed E-state index contributed by atoms with van der Waals surface area (Å²) in [5.74, 6) is -1.20. The Kier molecular flexibility index (Phi) is 7.27. The summed E-state index contributed by atoms with van der Waals surface area (Å²) in [4.78, 5) is 26.9. The summed E-state index contributed by atoms with van der Waals surface area (Å²) >= 11 is 0. The third kappa shape index (κ3) is 5.99. The van der Waals surface area contributed by atoms with Crippen LogP contribution in [0.4, 0.5) is 4.79 Å². The van der Waals surface area contributed by atoms with Gasteiger partial charge in [0, 0.05) is 13.3 Å². The van der Waals surface area contributed by atoms with Crippen LogP contribution in [0, 0.1) is 5.21 Å². The fourth-order valence-corrected chi connectivity index (χ4v) is 1.71. The van der Waals surface area contributed by atoms with E-state index in [1.807, 2.05) is 0 Å². The molecule has 1 unspecified atom stereocenters. The van der Waals surface area contributed by atoms with Gasteiger partial charge in [0.05, 0.1) is 19.1 Å². The number of nitrogens with zero attached hydrogens (tertiary/aromatic N) is 3. The average Bonchev–Trinajstić information content (AvgIpc) is 2.57. The number of rotatable bonds is 8. The molecule has 0 spiro atoms. The first-order valence-electron chi connectivity index (χ1n) is 6.93. The van der Waals surface area contributed by atoms with Gasteiger partial charge in [0.15, 0.2) is 6.04 Å². The largest absolute Gasteiger partial charge is 0.569 e. The molecule has 132 valence electrons. The van der Waals surface area contributed by atoms with Gasteiger partial charge in [-0.2, -0.15) is 0 Å². The molecule has 1 aromatic carbocycles. The van der Waals surface area contributed by atoms with Crippen molar-refractivity contribution in [2.24, 2.45) is 5.28 Å². The Labute approximate surface area is 138 Å². The minimum Gasteiger partial charge on any atom is -0.569 e. The van der Waals surface area contributed by atoms with E-state index in [1.165, 1.54) is 14.0 Å². The molecule has 0 amide bonds. The van der Waals surface area contributed by atoms with E-state index < -0.39 is 24.5 Å². The van der Waals surface area contributed by atoms with Gasteiger partial charge in [-0.25, -0.2) is 9.59 Å². The molecule has 2 atom stereocenters. The molecular weight excluding hydrogens is 322 g/mol. The van der Waals surface area contributed by atoms with Gasteiger partial charge in [-0.3, -0.25) is 4.84 Å². The second kappa shape index (κ2) is 9.18. The second-order valence-corrected chi connectivity index (χ2v) is 4.70. The van der Waals surface area contributed by atoms with Gasteiger partial charge in [0.25, 0.3) is 6.29 Å². The first-order chi connectivity index (χ1) is 11.3. The van der Waals surface area contributed by atoms with Crippen LogP contribution >= 0.6 is 0 Å². The Balaban J connectivity index is 2.71. The third-order valence-electron chi connectivity index (χ3n) is 2.97. The predicted molar refractivity (Wildman–Crippen MR) is 79.4 cm³/mol. The predicted octanol–water partition coefficient (Wildman–Crippen LogP) is 1.55. The van der Waals surface area contributed by atoms with Crippen LogP contribution in [-0.2, 0) is 25.5 Å². The lowest BCUT2D eigenvalue weighted by Gasteiger charge is -2.20. The van der Waals surface area contributed by atoms with E-state index in [4.69, 9.17) is 0 Å². The SMILES string of the molecule is COC(=O)OC(C)O/N=[N+](\[O-])N(C)[C@@H](Cc1ccccc1)C(=O)O. The van der Waals surface area contributed by atoms with Crippen LogP contribution in [0.15, 0.2) is 35.6 Å². The van der Waals surface area contributed by atoms with Gasteiger partial charge in [0.2, 0.25) is 5.28 Å². The number of likely N-dealkylation sites (N-methyl/N-ethyl adjacent to an activating group) is 1. The second-order valence-electron chi connectivity index (χ2n) is 4.70. The summed E-state index contributed by atoms with van der Waals surface area (Å²) in [5.41, 5.74) is 0.744. The van der Waals surface area contributed by atoms with Crippen LogP contribution < -0.4 is 0 Å². The molecule has 0 saturated heterocycles.